The van der Waals surface area contributed by atoms with Gasteiger partial charge in [-0.2, -0.15) is 0 Å². The van der Waals surface area contributed by atoms with Crippen LogP contribution < -0.4 is 16.0 Å². The molecule has 0 atom stereocenters. The fraction of sp³-hybridized carbons (Fsp3) is 0.565. The van der Waals surface area contributed by atoms with E-state index in [1.54, 1.807) is 24.3 Å². The number of benzene rings is 1. The lowest BCUT2D eigenvalue weighted by molar-refractivity contribution is -0.123. The predicted octanol–water partition coefficient (Wildman–Crippen LogP) is 3.40. The predicted molar refractivity (Wildman–Crippen MR) is 124 cm³/mol. The molecule has 1 aromatic carbocycles. The summed E-state index contributed by atoms with van der Waals surface area (Å²) in [6, 6.07) is 6.38. The molecule has 0 aliphatic heterocycles. The summed E-state index contributed by atoms with van der Waals surface area (Å²) in [4.78, 5) is 48.7. The second kappa shape index (κ2) is 14.5. The molecule has 1 aliphatic rings. The maximum atomic E-state index is 12.4. The van der Waals surface area contributed by atoms with E-state index in [4.69, 9.17) is 4.74 Å². The zero-order valence-corrected chi connectivity index (χ0v) is 19.4. The first-order chi connectivity index (χ1) is 15.5. The molecule has 0 saturated heterocycles. The van der Waals surface area contributed by atoms with Crippen molar-refractivity contribution in [1.29, 1.82) is 0 Å². The van der Waals surface area contributed by atoms with Gasteiger partial charge in [0, 0.05) is 17.5 Å². The number of carbonyl (C=O) groups excluding carboxylic acids is 4. The first-order valence-corrected chi connectivity index (χ1v) is 12.2. The minimum Gasteiger partial charge on any atom is -0.452 e. The number of hydrogen-bond donors (Lipinski definition) is 3. The van der Waals surface area contributed by atoms with Crippen molar-refractivity contribution in [3.63, 3.8) is 0 Å². The number of ether oxygens (including phenoxy) is 1. The molecule has 8 nitrogen and oxygen atoms in total. The summed E-state index contributed by atoms with van der Waals surface area (Å²) < 4.78 is 5.05. The highest BCUT2D eigenvalue weighted by atomic mass is 32.2. The Balaban J connectivity index is 1.81. The Labute approximate surface area is 193 Å². The lowest BCUT2D eigenvalue weighted by Crippen LogP contribution is -2.41. The van der Waals surface area contributed by atoms with E-state index in [1.807, 2.05) is 6.92 Å². The van der Waals surface area contributed by atoms with Crippen LogP contribution in [0.3, 0.4) is 0 Å². The molecule has 1 aliphatic carbocycles. The maximum absolute atomic E-state index is 12.4. The van der Waals surface area contributed by atoms with E-state index in [-0.39, 0.29) is 23.3 Å². The number of imide groups is 1. The van der Waals surface area contributed by atoms with Gasteiger partial charge in [-0.25, -0.2) is 9.59 Å². The summed E-state index contributed by atoms with van der Waals surface area (Å²) in [5, 5.41) is 7.71. The molecule has 176 valence electrons. The molecule has 3 N–H and O–H groups in total. The van der Waals surface area contributed by atoms with Crippen LogP contribution in [0.4, 0.5) is 4.79 Å². The Hall–Kier alpha value is -2.55. The number of thioether (sulfide) groups is 1. The number of nitrogens with one attached hydrogen (secondary N) is 3. The standard InChI is InChI=1S/C23H33N3O5S/c1-2-14-24-23(30)26-20(27)15-31-22(29)18-12-8-9-13-19(18)32-16-21(28)25-17-10-6-4-3-5-7-11-17/h8-9,12-13,17H,2-7,10-11,14-16H2,1H3,(H,25,28)(H2,24,26,27,30). The second-order valence-electron chi connectivity index (χ2n) is 7.77. The summed E-state index contributed by atoms with van der Waals surface area (Å²) in [5.41, 5.74) is 0.277. The zero-order chi connectivity index (χ0) is 23.2. The van der Waals surface area contributed by atoms with Crippen LogP contribution in [0.5, 0.6) is 0 Å². The highest BCUT2D eigenvalue weighted by Gasteiger charge is 2.18. The molecule has 1 aromatic rings. The van der Waals surface area contributed by atoms with E-state index in [0.717, 1.165) is 32.1 Å². The van der Waals surface area contributed by atoms with E-state index in [9.17, 15) is 19.2 Å². The third-order valence-electron chi connectivity index (χ3n) is 5.06. The van der Waals surface area contributed by atoms with E-state index in [1.165, 1.54) is 31.0 Å². The van der Waals surface area contributed by atoms with Gasteiger partial charge in [0.05, 0.1) is 11.3 Å². The summed E-state index contributed by atoms with van der Waals surface area (Å²) >= 11 is 1.26. The first-order valence-electron chi connectivity index (χ1n) is 11.3. The lowest BCUT2D eigenvalue weighted by atomic mass is 9.97. The fourth-order valence-corrected chi connectivity index (χ4v) is 4.28. The molecule has 0 unspecified atom stereocenters. The van der Waals surface area contributed by atoms with Crippen molar-refractivity contribution in [2.45, 2.75) is 69.2 Å². The van der Waals surface area contributed by atoms with E-state index < -0.39 is 24.5 Å². The van der Waals surface area contributed by atoms with Gasteiger partial charge in [0.15, 0.2) is 6.61 Å². The Morgan fingerprint density at radius 1 is 1.00 bits per heavy atom. The Morgan fingerprint density at radius 3 is 2.41 bits per heavy atom. The van der Waals surface area contributed by atoms with Gasteiger partial charge in [0.25, 0.3) is 5.91 Å². The summed E-state index contributed by atoms with van der Waals surface area (Å²) in [7, 11) is 0. The van der Waals surface area contributed by atoms with Crippen molar-refractivity contribution in [2.24, 2.45) is 0 Å². The van der Waals surface area contributed by atoms with Gasteiger partial charge in [-0.05, 0) is 31.4 Å². The van der Waals surface area contributed by atoms with Gasteiger partial charge in [-0.1, -0.05) is 51.2 Å². The number of amides is 4. The van der Waals surface area contributed by atoms with Crippen molar-refractivity contribution in [1.82, 2.24) is 16.0 Å². The van der Waals surface area contributed by atoms with Crippen molar-refractivity contribution < 1.29 is 23.9 Å². The van der Waals surface area contributed by atoms with Crippen LogP contribution in [0.2, 0.25) is 0 Å². The van der Waals surface area contributed by atoms with Crippen LogP contribution in [0, 0.1) is 0 Å². The van der Waals surface area contributed by atoms with Gasteiger partial charge >= 0.3 is 12.0 Å². The molecule has 9 heteroatoms. The molecule has 2 rings (SSSR count). The highest BCUT2D eigenvalue weighted by molar-refractivity contribution is 8.00. The fourth-order valence-electron chi connectivity index (χ4n) is 3.43. The number of carbonyl (C=O) groups is 4. The molecule has 1 saturated carbocycles. The zero-order valence-electron chi connectivity index (χ0n) is 18.6. The van der Waals surface area contributed by atoms with Gasteiger partial charge < -0.3 is 15.4 Å². The molecule has 0 aromatic heterocycles. The highest BCUT2D eigenvalue weighted by Crippen LogP contribution is 2.24. The second-order valence-corrected chi connectivity index (χ2v) is 8.79. The monoisotopic (exact) mass is 463 g/mol. The smallest absolute Gasteiger partial charge is 0.339 e. The van der Waals surface area contributed by atoms with Crippen LogP contribution in [0.15, 0.2) is 29.2 Å². The maximum Gasteiger partial charge on any atom is 0.339 e. The Morgan fingerprint density at radius 2 is 1.69 bits per heavy atom. The van der Waals surface area contributed by atoms with Crippen molar-refractivity contribution >= 4 is 35.6 Å². The Kier molecular flexibility index (Phi) is 11.6. The average Bonchev–Trinajstić information content (AvgIpc) is 2.76. The quantitative estimate of drug-likeness (QED) is 0.382. The molecule has 0 bridgehead atoms. The molecule has 0 heterocycles. The summed E-state index contributed by atoms with van der Waals surface area (Å²) in [5.74, 6) is -1.26. The molecule has 4 amide bonds. The molecule has 0 radical (unpaired) electrons. The largest absolute Gasteiger partial charge is 0.452 e. The van der Waals surface area contributed by atoms with E-state index in [2.05, 4.69) is 16.0 Å². The van der Waals surface area contributed by atoms with Gasteiger partial charge in [-0.15, -0.1) is 11.8 Å². The SMILES string of the molecule is CCCNC(=O)NC(=O)COC(=O)c1ccccc1SCC(=O)NC1CCCCCCC1. The lowest BCUT2D eigenvalue weighted by Gasteiger charge is -2.21. The van der Waals surface area contributed by atoms with Crippen LogP contribution in [0.25, 0.3) is 0 Å². The Bertz CT molecular complexity index is 779. The van der Waals surface area contributed by atoms with Crippen molar-refractivity contribution in [2.75, 3.05) is 18.9 Å². The van der Waals surface area contributed by atoms with Crippen LogP contribution in [-0.4, -0.2) is 48.8 Å². The average molecular weight is 464 g/mol. The van der Waals surface area contributed by atoms with Crippen molar-refractivity contribution in [3.8, 4) is 0 Å². The minimum absolute atomic E-state index is 0.0544. The third-order valence-corrected chi connectivity index (χ3v) is 6.13. The molecule has 1 fully saturated rings. The molecular formula is C23H33N3O5S. The minimum atomic E-state index is -0.712. The number of hydrogen-bond acceptors (Lipinski definition) is 6. The topological polar surface area (TPSA) is 114 Å². The molecule has 32 heavy (non-hydrogen) atoms. The van der Waals surface area contributed by atoms with E-state index >= 15 is 0 Å². The summed E-state index contributed by atoms with van der Waals surface area (Å²) in [6.45, 7) is 1.76. The molecule has 0 spiro atoms. The van der Waals surface area contributed by atoms with E-state index in [0.29, 0.717) is 11.4 Å². The third kappa shape index (κ3) is 9.72. The molecular weight excluding hydrogens is 430 g/mol. The van der Waals surface area contributed by atoms with Crippen molar-refractivity contribution in [3.05, 3.63) is 29.8 Å². The number of rotatable bonds is 9. The van der Waals surface area contributed by atoms with Crippen LogP contribution in [0.1, 0.15) is 68.6 Å². The van der Waals surface area contributed by atoms with Gasteiger partial charge in [0.2, 0.25) is 5.91 Å². The first kappa shape index (κ1) is 25.7. The van der Waals surface area contributed by atoms with Crippen LogP contribution >= 0.6 is 11.8 Å². The van der Waals surface area contributed by atoms with Gasteiger partial charge in [-0.3, -0.25) is 14.9 Å². The normalized spacial score (nSPS) is 14.5. The van der Waals surface area contributed by atoms with Crippen LogP contribution in [-0.2, 0) is 14.3 Å². The summed E-state index contributed by atoms with van der Waals surface area (Å²) in [6.07, 6.45) is 8.76. The van der Waals surface area contributed by atoms with Gasteiger partial charge in [0.1, 0.15) is 0 Å². The number of urea groups is 1. The number of esters is 1.